The number of thioether (sulfide) groups is 1. The average molecular weight is 218 g/mol. The Balaban J connectivity index is 2.69. The van der Waals surface area contributed by atoms with Crippen molar-refractivity contribution in [3.8, 4) is 0 Å². The average Bonchev–Trinajstić information content (AvgIpc) is 1.95. The second kappa shape index (κ2) is 4.01. The van der Waals surface area contributed by atoms with Crippen molar-refractivity contribution >= 4 is 27.7 Å². The highest BCUT2D eigenvalue weighted by Gasteiger charge is 1.89. The van der Waals surface area contributed by atoms with Crippen LogP contribution in [0.15, 0.2) is 33.6 Å². The van der Waals surface area contributed by atoms with Crippen LogP contribution in [-0.2, 0) is 0 Å². The topological polar surface area (TPSA) is 26.0 Å². The summed E-state index contributed by atoms with van der Waals surface area (Å²) in [5.74, 6) is 0.641. The van der Waals surface area contributed by atoms with E-state index < -0.39 is 0 Å². The summed E-state index contributed by atoms with van der Waals surface area (Å²) in [5.41, 5.74) is 5.35. The van der Waals surface area contributed by atoms with Crippen molar-refractivity contribution in [2.24, 2.45) is 5.73 Å². The molecular formula is C7H8BrNS. The molecule has 0 bridgehead atoms. The lowest BCUT2D eigenvalue weighted by atomic mass is 10.4. The predicted octanol–water partition coefficient (Wildman–Crippen LogP) is 2.46. The van der Waals surface area contributed by atoms with Crippen LogP contribution in [-0.4, -0.2) is 5.88 Å². The second-order valence-electron chi connectivity index (χ2n) is 1.76. The van der Waals surface area contributed by atoms with E-state index in [2.05, 4.69) is 15.9 Å². The minimum Gasteiger partial charge on any atom is -0.322 e. The minimum absolute atomic E-state index is 0.641. The Morgan fingerprint density at radius 3 is 2.40 bits per heavy atom. The van der Waals surface area contributed by atoms with Crippen LogP contribution in [0.1, 0.15) is 0 Å². The number of nitrogens with two attached hydrogens (primary N) is 1. The molecule has 54 valence electrons. The maximum Gasteiger partial charge on any atom is 0.0440 e. The molecule has 1 nitrogen and oxygen atoms in total. The third kappa shape index (κ3) is 2.33. The van der Waals surface area contributed by atoms with Gasteiger partial charge in [-0.05, 0) is 24.3 Å². The molecule has 0 aliphatic carbocycles. The first-order valence-electron chi connectivity index (χ1n) is 2.91. The highest BCUT2D eigenvalue weighted by molar-refractivity contribution is 9.10. The lowest BCUT2D eigenvalue weighted by molar-refractivity contribution is 1.36. The predicted molar refractivity (Wildman–Crippen MR) is 49.1 cm³/mol. The Bertz CT molecular complexity index is 197. The van der Waals surface area contributed by atoms with Gasteiger partial charge >= 0.3 is 0 Å². The van der Waals surface area contributed by atoms with Crippen molar-refractivity contribution in [3.05, 3.63) is 28.7 Å². The smallest absolute Gasteiger partial charge is 0.0440 e. The number of hydrogen-bond donors (Lipinski definition) is 1. The molecule has 1 aromatic rings. The van der Waals surface area contributed by atoms with Gasteiger partial charge in [0.2, 0.25) is 0 Å². The zero-order chi connectivity index (χ0) is 7.40. The molecule has 0 saturated carbocycles. The highest BCUT2D eigenvalue weighted by atomic mass is 79.9. The fraction of sp³-hybridized carbons (Fsp3) is 0.143. The Morgan fingerprint density at radius 2 is 1.90 bits per heavy atom. The summed E-state index contributed by atoms with van der Waals surface area (Å²) in [6.45, 7) is 0. The van der Waals surface area contributed by atoms with Crippen LogP contribution in [0.4, 0.5) is 0 Å². The van der Waals surface area contributed by atoms with Gasteiger partial charge in [-0.3, -0.25) is 0 Å². The maximum absolute atomic E-state index is 5.35. The number of halogens is 1. The van der Waals surface area contributed by atoms with Crippen molar-refractivity contribution in [1.82, 2.24) is 0 Å². The molecule has 2 N–H and O–H groups in total. The molecule has 0 amide bonds. The minimum atomic E-state index is 0.641. The van der Waals surface area contributed by atoms with E-state index in [1.165, 1.54) is 4.90 Å². The van der Waals surface area contributed by atoms with Crippen LogP contribution in [0.3, 0.4) is 0 Å². The Kier molecular flexibility index (Phi) is 3.25. The van der Waals surface area contributed by atoms with Gasteiger partial charge in [0.15, 0.2) is 0 Å². The molecule has 10 heavy (non-hydrogen) atoms. The molecule has 0 spiro atoms. The van der Waals surface area contributed by atoms with E-state index in [9.17, 15) is 0 Å². The summed E-state index contributed by atoms with van der Waals surface area (Å²) in [5, 5.41) is 0. The second-order valence-corrected chi connectivity index (χ2v) is 3.77. The lowest BCUT2D eigenvalue weighted by Gasteiger charge is -1.96. The summed E-state index contributed by atoms with van der Waals surface area (Å²) < 4.78 is 1.11. The van der Waals surface area contributed by atoms with E-state index in [1.807, 2.05) is 24.3 Å². The van der Waals surface area contributed by atoms with Crippen LogP contribution in [0.2, 0.25) is 0 Å². The molecule has 1 rings (SSSR count). The van der Waals surface area contributed by atoms with Gasteiger partial charge in [0, 0.05) is 15.2 Å². The van der Waals surface area contributed by atoms with Crippen LogP contribution >= 0.6 is 27.7 Å². The van der Waals surface area contributed by atoms with Gasteiger partial charge in [-0.25, -0.2) is 0 Å². The van der Waals surface area contributed by atoms with Gasteiger partial charge in [-0.15, -0.1) is 11.8 Å². The maximum atomic E-state index is 5.35. The van der Waals surface area contributed by atoms with Crippen molar-refractivity contribution in [1.29, 1.82) is 0 Å². The summed E-state index contributed by atoms with van der Waals surface area (Å²) in [4.78, 5) is 1.21. The molecule has 0 aliphatic rings. The van der Waals surface area contributed by atoms with E-state index in [0.717, 1.165) is 4.47 Å². The van der Waals surface area contributed by atoms with Crippen molar-refractivity contribution in [2.45, 2.75) is 4.90 Å². The van der Waals surface area contributed by atoms with E-state index in [1.54, 1.807) is 11.8 Å². The first kappa shape index (κ1) is 8.11. The monoisotopic (exact) mass is 217 g/mol. The van der Waals surface area contributed by atoms with Gasteiger partial charge in [0.25, 0.3) is 0 Å². The van der Waals surface area contributed by atoms with Crippen LogP contribution in [0, 0.1) is 0 Å². The third-order valence-electron chi connectivity index (χ3n) is 1.06. The van der Waals surface area contributed by atoms with E-state index in [4.69, 9.17) is 5.73 Å². The summed E-state index contributed by atoms with van der Waals surface area (Å²) in [6.07, 6.45) is 0. The summed E-state index contributed by atoms with van der Waals surface area (Å²) >= 11 is 5.00. The highest BCUT2D eigenvalue weighted by Crippen LogP contribution is 2.18. The van der Waals surface area contributed by atoms with Crippen LogP contribution in [0.5, 0.6) is 0 Å². The fourth-order valence-corrected chi connectivity index (χ4v) is 1.41. The van der Waals surface area contributed by atoms with Gasteiger partial charge in [0.1, 0.15) is 0 Å². The summed E-state index contributed by atoms with van der Waals surface area (Å²) in [7, 11) is 0. The zero-order valence-electron chi connectivity index (χ0n) is 5.38. The largest absolute Gasteiger partial charge is 0.322 e. The molecule has 0 aromatic heterocycles. The van der Waals surface area contributed by atoms with Crippen LogP contribution in [0.25, 0.3) is 0 Å². The number of hydrogen-bond acceptors (Lipinski definition) is 2. The molecule has 0 radical (unpaired) electrons. The quantitative estimate of drug-likeness (QED) is 0.609. The molecule has 0 fully saturated rings. The molecule has 0 unspecified atom stereocenters. The third-order valence-corrected chi connectivity index (χ3v) is 2.36. The van der Waals surface area contributed by atoms with E-state index >= 15 is 0 Å². The van der Waals surface area contributed by atoms with Crippen LogP contribution < -0.4 is 5.73 Å². The molecule has 0 saturated heterocycles. The molecule has 0 aliphatic heterocycles. The molecular weight excluding hydrogens is 210 g/mol. The van der Waals surface area contributed by atoms with Gasteiger partial charge in [-0.1, -0.05) is 15.9 Å². The first-order valence-corrected chi connectivity index (χ1v) is 4.69. The lowest BCUT2D eigenvalue weighted by Crippen LogP contribution is -1.90. The number of rotatable bonds is 2. The van der Waals surface area contributed by atoms with Gasteiger partial charge in [-0.2, -0.15) is 0 Å². The van der Waals surface area contributed by atoms with Crippen molar-refractivity contribution < 1.29 is 0 Å². The summed E-state index contributed by atoms with van der Waals surface area (Å²) in [6, 6.07) is 8.11. The van der Waals surface area contributed by atoms with E-state index in [-0.39, 0.29) is 0 Å². The van der Waals surface area contributed by atoms with Crippen molar-refractivity contribution in [3.63, 3.8) is 0 Å². The Labute approximate surface area is 73.1 Å². The fourth-order valence-electron chi connectivity index (χ4n) is 0.627. The molecule has 0 atom stereocenters. The standard InChI is InChI=1S/C7H8BrNS/c8-6-1-3-7(4-2-6)10-5-9/h1-4H,5,9H2. The van der Waals surface area contributed by atoms with E-state index in [0.29, 0.717) is 5.88 Å². The molecule has 1 aromatic carbocycles. The van der Waals surface area contributed by atoms with Gasteiger partial charge < -0.3 is 5.73 Å². The molecule has 3 heteroatoms. The normalized spacial score (nSPS) is 9.80. The Hall–Kier alpha value is 0.01000. The first-order chi connectivity index (χ1) is 4.83. The number of benzene rings is 1. The molecule has 0 heterocycles. The van der Waals surface area contributed by atoms with Crippen molar-refractivity contribution in [2.75, 3.05) is 5.88 Å². The Morgan fingerprint density at radius 1 is 1.30 bits per heavy atom. The zero-order valence-corrected chi connectivity index (χ0v) is 7.78. The van der Waals surface area contributed by atoms with Gasteiger partial charge in [0.05, 0.1) is 0 Å². The SMILES string of the molecule is NCSc1ccc(Br)cc1.